The second kappa shape index (κ2) is 6.20. The molecule has 0 spiro atoms. The minimum Gasteiger partial charge on any atom is -0.481 e. The summed E-state index contributed by atoms with van der Waals surface area (Å²) in [5.74, 6) is 0.319. The van der Waals surface area contributed by atoms with Gasteiger partial charge in [-0.15, -0.1) is 0 Å². The fourth-order valence-corrected chi connectivity index (χ4v) is 0.899. The van der Waals surface area contributed by atoms with Crippen LogP contribution in [0.25, 0.3) is 0 Å². The van der Waals surface area contributed by atoms with Gasteiger partial charge in [0.05, 0.1) is 0 Å². The molecule has 0 radical (unpaired) electrons. The molecule has 1 rings (SSSR count). The molecule has 2 heteroatoms. The molecule has 66 valence electrons. The number of carboxylic acids is 1. The average Bonchev–Trinajstić information content (AvgIpc) is 2.64. The van der Waals surface area contributed by atoms with Crippen LogP contribution in [0.2, 0.25) is 0 Å². The number of unbranched alkanes of at least 4 members (excludes halogenated alkanes) is 1. The maximum Gasteiger partial charge on any atom is 0.300 e. The van der Waals surface area contributed by atoms with E-state index in [4.69, 9.17) is 9.90 Å². The first kappa shape index (κ1) is 10.5. The van der Waals surface area contributed by atoms with Crippen LogP contribution in [-0.2, 0) is 4.79 Å². The Balaban J connectivity index is 0.000000218. The van der Waals surface area contributed by atoms with Crippen LogP contribution in [0.4, 0.5) is 0 Å². The topological polar surface area (TPSA) is 37.3 Å². The highest BCUT2D eigenvalue weighted by Gasteiger charge is 2.19. The molecule has 0 heterocycles. The molecule has 1 saturated carbocycles. The lowest BCUT2D eigenvalue weighted by Crippen LogP contribution is -1.78. The Hall–Kier alpha value is -0.530. The molecule has 1 aliphatic rings. The SMILES string of the molecule is CC(=O)O.CCCCC1CC1. The highest BCUT2D eigenvalue weighted by molar-refractivity contribution is 5.62. The van der Waals surface area contributed by atoms with Gasteiger partial charge in [0.15, 0.2) is 0 Å². The van der Waals surface area contributed by atoms with Crippen molar-refractivity contribution in [1.29, 1.82) is 0 Å². The van der Waals surface area contributed by atoms with Gasteiger partial charge < -0.3 is 5.11 Å². The van der Waals surface area contributed by atoms with E-state index >= 15 is 0 Å². The van der Waals surface area contributed by atoms with Crippen molar-refractivity contribution in [3.05, 3.63) is 0 Å². The van der Waals surface area contributed by atoms with Gasteiger partial charge in [0.25, 0.3) is 5.97 Å². The number of hydrogen-bond acceptors (Lipinski definition) is 1. The van der Waals surface area contributed by atoms with Gasteiger partial charge in [0, 0.05) is 6.92 Å². The van der Waals surface area contributed by atoms with E-state index in [0.717, 1.165) is 12.8 Å². The van der Waals surface area contributed by atoms with Crippen molar-refractivity contribution in [2.24, 2.45) is 5.92 Å². The Labute approximate surface area is 68.6 Å². The first-order valence-corrected chi connectivity index (χ1v) is 4.36. The number of carbonyl (C=O) groups is 1. The van der Waals surface area contributed by atoms with E-state index in [1.54, 1.807) is 0 Å². The maximum absolute atomic E-state index is 9.00. The summed E-state index contributed by atoms with van der Waals surface area (Å²) in [6.07, 6.45) is 7.41. The van der Waals surface area contributed by atoms with Crippen molar-refractivity contribution in [2.45, 2.75) is 46.0 Å². The maximum atomic E-state index is 9.00. The second-order valence-corrected chi connectivity index (χ2v) is 3.10. The number of aliphatic carboxylic acids is 1. The molecule has 0 atom stereocenters. The molecule has 1 fully saturated rings. The van der Waals surface area contributed by atoms with E-state index in [0.29, 0.717) is 0 Å². The number of hydrogen-bond donors (Lipinski definition) is 1. The van der Waals surface area contributed by atoms with Crippen molar-refractivity contribution in [1.82, 2.24) is 0 Å². The van der Waals surface area contributed by atoms with Crippen LogP contribution in [-0.4, -0.2) is 11.1 Å². The largest absolute Gasteiger partial charge is 0.481 e. The molecule has 1 N–H and O–H groups in total. The zero-order chi connectivity index (χ0) is 8.69. The second-order valence-electron chi connectivity index (χ2n) is 3.10. The first-order valence-electron chi connectivity index (χ1n) is 4.36. The number of rotatable bonds is 3. The molecule has 1 aliphatic carbocycles. The Morgan fingerprint density at radius 3 is 2.27 bits per heavy atom. The minimum absolute atomic E-state index is 0.833. The van der Waals surface area contributed by atoms with E-state index in [9.17, 15) is 0 Å². The van der Waals surface area contributed by atoms with E-state index < -0.39 is 5.97 Å². The smallest absolute Gasteiger partial charge is 0.300 e. The monoisotopic (exact) mass is 158 g/mol. The van der Waals surface area contributed by atoms with Crippen molar-refractivity contribution in [2.75, 3.05) is 0 Å². The molecule has 0 aromatic rings. The molecule has 0 saturated heterocycles. The molecule has 0 aliphatic heterocycles. The predicted molar refractivity (Wildman–Crippen MR) is 45.6 cm³/mol. The van der Waals surface area contributed by atoms with Crippen LogP contribution < -0.4 is 0 Å². The van der Waals surface area contributed by atoms with Crippen LogP contribution in [0.3, 0.4) is 0 Å². The van der Waals surface area contributed by atoms with Crippen LogP contribution in [0.15, 0.2) is 0 Å². The van der Waals surface area contributed by atoms with E-state index in [2.05, 4.69) is 6.92 Å². The lowest BCUT2D eigenvalue weighted by molar-refractivity contribution is -0.134. The van der Waals surface area contributed by atoms with E-state index in [-0.39, 0.29) is 0 Å². The summed E-state index contributed by atoms with van der Waals surface area (Å²) in [7, 11) is 0. The lowest BCUT2D eigenvalue weighted by Gasteiger charge is -1.88. The predicted octanol–water partition coefficient (Wildman–Crippen LogP) is 2.68. The summed E-state index contributed by atoms with van der Waals surface area (Å²) in [6, 6.07) is 0. The zero-order valence-corrected chi connectivity index (χ0v) is 7.47. The van der Waals surface area contributed by atoms with Gasteiger partial charge in [-0.25, -0.2) is 0 Å². The first-order chi connectivity index (χ1) is 5.16. The molecular weight excluding hydrogens is 140 g/mol. The Morgan fingerprint density at radius 1 is 1.55 bits per heavy atom. The van der Waals surface area contributed by atoms with Gasteiger partial charge in [-0.05, 0) is 5.92 Å². The third-order valence-electron chi connectivity index (χ3n) is 1.66. The standard InChI is InChI=1S/C7H14.C2H4O2/c1-2-3-4-7-5-6-7;1-2(3)4/h7H,2-6H2,1H3;1H3,(H,3,4). The van der Waals surface area contributed by atoms with Crippen molar-refractivity contribution >= 4 is 5.97 Å². The third kappa shape index (κ3) is 12.6. The lowest BCUT2D eigenvalue weighted by atomic mass is 10.2. The summed E-state index contributed by atoms with van der Waals surface area (Å²) in [6.45, 7) is 3.35. The van der Waals surface area contributed by atoms with Gasteiger partial charge in [0.2, 0.25) is 0 Å². The molecule has 0 amide bonds. The van der Waals surface area contributed by atoms with Gasteiger partial charge >= 0.3 is 0 Å². The van der Waals surface area contributed by atoms with Gasteiger partial charge in [-0.1, -0.05) is 39.0 Å². The van der Waals surface area contributed by atoms with E-state index in [1.165, 1.54) is 32.1 Å². The van der Waals surface area contributed by atoms with E-state index in [1.807, 2.05) is 0 Å². The highest BCUT2D eigenvalue weighted by atomic mass is 16.4. The third-order valence-corrected chi connectivity index (χ3v) is 1.66. The summed E-state index contributed by atoms with van der Waals surface area (Å²) >= 11 is 0. The normalized spacial score (nSPS) is 15.1. The van der Waals surface area contributed by atoms with Gasteiger partial charge in [0.1, 0.15) is 0 Å². The Morgan fingerprint density at radius 2 is 2.00 bits per heavy atom. The molecule has 11 heavy (non-hydrogen) atoms. The molecular formula is C9H18O2. The van der Waals surface area contributed by atoms with Crippen LogP contribution in [0.5, 0.6) is 0 Å². The quantitative estimate of drug-likeness (QED) is 0.685. The van der Waals surface area contributed by atoms with Crippen molar-refractivity contribution < 1.29 is 9.90 Å². The Kier molecular flexibility index (Phi) is 5.90. The summed E-state index contributed by atoms with van der Waals surface area (Å²) in [5, 5.41) is 7.42. The fourth-order valence-electron chi connectivity index (χ4n) is 0.899. The summed E-state index contributed by atoms with van der Waals surface area (Å²) in [4.78, 5) is 9.00. The molecule has 0 unspecified atom stereocenters. The van der Waals surface area contributed by atoms with Crippen LogP contribution >= 0.6 is 0 Å². The van der Waals surface area contributed by atoms with Crippen molar-refractivity contribution in [3.8, 4) is 0 Å². The summed E-state index contributed by atoms with van der Waals surface area (Å²) in [5.41, 5.74) is 0. The molecule has 0 aromatic heterocycles. The molecule has 0 bridgehead atoms. The van der Waals surface area contributed by atoms with Crippen LogP contribution in [0, 0.1) is 5.92 Å². The van der Waals surface area contributed by atoms with Crippen LogP contribution in [0.1, 0.15) is 46.0 Å². The zero-order valence-electron chi connectivity index (χ0n) is 7.47. The minimum atomic E-state index is -0.833. The molecule has 2 nitrogen and oxygen atoms in total. The van der Waals surface area contributed by atoms with Gasteiger partial charge in [-0.2, -0.15) is 0 Å². The van der Waals surface area contributed by atoms with Gasteiger partial charge in [-0.3, -0.25) is 4.79 Å². The average molecular weight is 158 g/mol. The highest BCUT2D eigenvalue weighted by Crippen LogP contribution is 2.33. The Bertz CT molecular complexity index is 102. The van der Waals surface area contributed by atoms with Crippen molar-refractivity contribution in [3.63, 3.8) is 0 Å². The molecule has 0 aromatic carbocycles. The fraction of sp³-hybridized carbons (Fsp3) is 0.889. The summed E-state index contributed by atoms with van der Waals surface area (Å²) < 4.78 is 0. The number of carboxylic acid groups (broad SMARTS) is 1.